The Kier molecular flexibility index (Phi) is 8.26. The van der Waals surface area contributed by atoms with Gasteiger partial charge in [0, 0.05) is 22.5 Å². The molecule has 1 atom stereocenters. The van der Waals surface area contributed by atoms with E-state index in [9.17, 15) is 4.79 Å². The number of rotatable bonds is 8. The molecule has 112 valence electrons. The van der Waals surface area contributed by atoms with Gasteiger partial charge in [-0.05, 0) is 43.0 Å². The third kappa shape index (κ3) is 6.29. The first-order chi connectivity index (χ1) is 9.56. The van der Waals surface area contributed by atoms with Crippen LogP contribution in [0.4, 0.5) is 0 Å². The van der Waals surface area contributed by atoms with Crippen molar-refractivity contribution in [1.29, 1.82) is 0 Å². The highest BCUT2D eigenvalue weighted by Crippen LogP contribution is 2.25. The lowest BCUT2D eigenvalue weighted by Gasteiger charge is -2.14. The SMILES string of the molecule is CCC(CCO)CNC(=O)CSc1ccc(Br)cc1C. The Morgan fingerprint density at radius 2 is 2.25 bits per heavy atom. The Labute approximate surface area is 133 Å². The lowest BCUT2D eigenvalue weighted by atomic mass is 10.0. The molecule has 0 radical (unpaired) electrons. The highest BCUT2D eigenvalue weighted by Gasteiger charge is 2.09. The van der Waals surface area contributed by atoms with Crippen molar-refractivity contribution in [3.8, 4) is 0 Å². The van der Waals surface area contributed by atoms with E-state index in [4.69, 9.17) is 5.11 Å². The maximum absolute atomic E-state index is 11.8. The summed E-state index contributed by atoms with van der Waals surface area (Å²) in [4.78, 5) is 12.9. The van der Waals surface area contributed by atoms with Gasteiger partial charge in [-0.1, -0.05) is 29.3 Å². The molecule has 1 rings (SSSR count). The van der Waals surface area contributed by atoms with Crippen molar-refractivity contribution < 1.29 is 9.90 Å². The molecule has 5 heteroatoms. The Balaban J connectivity index is 2.36. The number of amides is 1. The van der Waals surface area contributed by atoms with Gasteiger partial charge in [0.05, 0.1) is 5.75 Å². The molecular formula is C15H22BrNO2S. The molecule has 3 nitrogen and oxygen atoms in total. The summed E-state index contributed by atoms with van der Waals surface area (Å²) in [6.45, 7) is 4.95. The maximum atomic E-state index is 11.8. The molecule has 0 fully saturated rings. The summed E-state index contributed by atoms with van der Waals surface area (Å²) in [5, 5.41) is 11.9. The van der Waals surface area contributed by atoms with Crippen molar-refractivity contribution in [2.24, 2.45) is 5.92 Å². The summed E-state index contributed by atoms with van der Waals surface area (Å²) in [5.41, 5.74) is 1.17. The fourth-order valence-corrected chi connectivity index (χ4v) is 3.18. The van der Waals surface area contributed by atoms with Gasteiger partial charge in [0.25, 0.3) is 0 Å². The number of thioether (sulfide) groups is 1. The third-order valence-electron chi connectivity index (χ3n) is 3.20. The van der Waals surface area contributed by atoms with Crippen LogP contribution in [0.1, 0.15) is 25.3 Å². The molecule has 0 saturated carbocycles. The molecule has 1 amide bonds. The zero-order valence-corrected chi connectivity index (χ0v) is 14.4. The van der Waals surface area contributed by atoms with E-state index >= 15 is 0 Å². The van der Waals surface area contributed by atoms with Crippen molar-refractivity contribution in [2.45, 2.75) is 31.6 Å². The van der Waals surface area contributed by atoms with Crippen LogP contribution in [-0.4, -0.2) is 29.9 Å². The first-order valence-corrected chi connectivity index (χ1v) is 8.61. The van der Waals surface area contributed by atoms with Crippen LogP contribution < -0.4 is 5.32 Å². The van der Waals surface area contributed by atoms with Gasteiger partial charge in [-0.2, -0.15) is 0 Å². The summed E-state index contributed by atoms with van der Waals surface area (Å²) in [6.07, 6.45) is 1.72. The summed E-state index contributed by atoms with van der Waals surface area (Å²) >= 11 is 4.98. The van der Waals surface area contributed by atoms with Gasteiger partial charge in [-0.15, -0.1) is 11.8 Å². The highest BCUT2D eigenvalue weighted by molar-refractivity contribution is 9.10. The van der Waals surface area contributed by atoms with E-state index in [2.05, 4.69) is 34.2 Å². The average Bonchev–Trinajstić information content (AvgIpc) is 2.42. The molecule has 0 spiro atoms. The van der Waals surface area contributed by atoms with Crippen LogP contribution in [0.15, 0.2) is 27.6 Å². The van der Waals surface area contributed by atoms with E-state index in [1.165, 1.54) is 5.56 Å². The van der Waals surface area contributed by atoms with Crippen LogP contribution in [0.3, 0.4) is 0 Å². The van der Waals surface area contributed by atoms with Gasteiger partial charge in [-0.3, -0.25) is 4.79 Å². The minimum Gasteiger partial charge on any atom is -0.396 e. The van der Waals surface area contributed by atoms with Gasteiger partial charge >= 0.3 is 0 Å². The molecule has 1 unspecified atom stereocenters. The normalized spacial score (nSPS) is 12.2. The Bertz CT molecular complexity index is 440. The summed E-state index contributed by atoms with van der Waals surface area (Å²) in [5.74, 6) is 0.843. The lowest BCUT2D eigenvalue weighted by Crippen LogP contribution is -2.30. The monoisotopic (exact) mass is 359 g/mol. The van der Waals surface area contributed by atoms with Crippen LogP contribution in [0, 0.1) is 12.8 Å². The molecule has 0 saturated heterocycles. The summed E-state index contributed by atoms with van der Waals surface area (Å²) < 4.78 is 1.05. The largest absolute Gasteiger partial charge is 0.396 e. The molecule has 0 aliphatic carbocycles. The topological polar surface area (TPSA) is 49.3 Å². The fourth-order valence-electron chi connectivity index (χ4n) is 1.86. The number of carbonyl (C=O) groups excluding carboxylic acids is 1. The predicted molar refractivity (Wildman–Crippen MR) is 88.1 cm³/mol. The van der Waals surface area contributed by atoms with E-state index < -0.39 is 0 Å². The average molecular weight is 360 g/mol. The number of halogens is 1. The first-order valence-electron chi connectivity index (χ1n) is 6.83. The van der Waals surface area contributed by atoms with Gasteiger partial charge in [-0.25, -0.2) is 0 Å². The van der Waals surface area contributed by atoms with Gasteiger partial charge in [0.1, 0.15) is 0 Å². The first kappa shape index (κ1) is 17.5. The molecule has 0 bridgehead atoms. The van der Waals surface area contributed by atoms with Crippen LogP contribution in [-0.2, 0) is 4.79 Å². The van der Waals surface area contributed by atoms with Crippen LogP contribution >= 0.6 is 27.7 Å². The smallest absolute Gasteiger partial charge is 0.230 e. The van der Waals surface area contributed by atoms with Crippen molar-refractivity contribution in [1.82, 2.24) is 5.32 Å². The van der Waals surface area contributed by atoms with Gasteiger partial charge in [0.15, 0.2) is 0 Å². The number of benzene rings is 1. The van der Waals surface area contributed by atoms with E-state index in [0.717, 1.165) is 22.2 Å². The molecule has 0 heterocycles. The van der Waals surface area contributed by atoms with Crippen molar-refractivity contribution in [3.05, 3.63) is 28.2 Å². The third-order valence-corrected chi connectivity index (χ3v) is 4.87. The number of nitrogens with one attached hydrogen (secondary N) is 1. The van der Waals surface area contributed by atoms with Crippen LogP contribution in [0.2, 0.25) is 0 Å². The Morgan fingerprint density at radius 1 is 1.50 bits per heavy atom. The lowest BCUT2D eigenvalue weighted by molar-refractivity contribution is -0.118. The number of aliphatic hydroxyl groups is 1. The minimum absolute atomic E-state index is 0.0497. The Hall–Kier alpha value is -0.520. The fraction of sp³-hybridized carbons (Fsp3) is 0.533. The second-order valence-corrected chi connectivity index (χ2v) is 6.72. The molecule has 2 N–H and O–H groups in total. The number of aryl methyl sites for hydroxylation is 1. The van der Waals surface area contributed by atoms with Gasteiger partial charge in [0.2, 0.25) is 5.91 Å². The molecule has 1 aromatic carbocycles. The zero-order chi connectivity index (χ0) is 15.0. The standard InChI is InChI=1S/C15H22BrNO2S/c1-3-12(6-7-18)9-17-15(19)10-20-14-5-4-13(16)8-11(14)2/h4-5,8,12,18H,3,6-7,9-10H2,1-2H3,(H,17,19). The Morgan fingerprint density at radius 3 is 2.85 bits per heavy atom. The van der Waals surface area contributed by atoms with Crippen molar-refractivity contribution >= 4 is 33.6 Å². The number of carbonyl (C=O) groups is 1. The number of aliphatic hydroxyl groups excluding tert-OH is 1. The van der Waals surface area contributed by atoms with E-state index in [1.807, 2.05) is 19.1 Å². The minimum atomic E-state index is 0.0497. The molecular weight excluding hydrogens is 338 g/mol. The van der Waals surface area contributed by atoms with Gasteiger partial charge < -0.3 is 10.4 Å². The molecule has 0 aromatic heterocycles. The summed E-state index contributed by atoms with van der Waals surface area (Å²) in [7, 11) is 0. The second kappa shape index (κ2) is 9.42. The molecule has 0 aliphatic heterocycles. The molecule has 1 aromatic rings. The van der Waals surface area contributed by atoms with Crippen LogP contribution in [0.25, 0.3) is 0 Å². The quantitative estimate of drug-likeness (QED) is 0.699. The van der Waals surface area contributed by atoms with E-state index in [0.29, 0.717) is 18.2 Å². The second-order valence-electron chi connectivity index (χ2n) is 4.79. The highest BCUT2D eigenvalue weighted by atomic mass is 79.9. The number of hydrogen-bond acceptors (Lipinski definition) is 3. The van der Waals surface area contributed by atoms with Crippen LogP contribution in [0.5, 0.6) is 0 Å². The van der Waals surface area contributed by atoms with E-state index in [-0.39, 0.29) is 12.5 Å². The molecule has 0 aliphatic rings. The maximum Gasteiger partial charge on any atom is 0.230 e. The zero-order valence-electron chi connectivity index (χ0n) is 12.0. The molecule has 20 heavy (non-hydrogen) atoms. The summed E-state index contributed by atoms with van der Waals surface area (Å²) in [6, 6.07) is 6.06. The van der Waals surface area contributed by atoms with E-state index in [1.54, 1.807) is 11.8 Å². The van der Waals surface area contributed by atoms with Crippen molar-refractivity contribution in [3.63, 3.8) is 0 Å². The number of hydrogen-bond donors (Lipinski definition) is 2. The van der Waals surface area contributed by atoms with Crippen molar-refractivity contribution in [2.75, 3.05) is 18.9 Å². The predicted octanol–water partition coefficient (Wildman–Crippen LogP) is 3.37.